The summed E-state index contributed by atoms with van der Waals surface area (Å²) in [5, 5.41) is 8.49. The lowest BCUT2D eigenvalue weighted by atomic mass is 9.94. The van der Waals surface area contributed by atoms with E-state index in [1.54, 1.807) is 4.90 Å². The Bertz CT molecular complexity index is 804. The smallest absolute Gasteiger partial charge is 0.243 e. The highest BCUT2D eigenvalue weighted by molar-refractivity contribution is 5.94. The minimum Gasteiger partial charge on any atom is -0.368 e. The van der Waals surface area contributed by atoms with Crippen molar-refractivity contribution in [2.24, 2.45) is 17.6 Å². The molecule has 0 aromatic heterocycles. The number of nitrogens with two attached hydrogens (primary N) is 1. The van der Waals surface area contributed by atoms with Gasteiger partial charge in [-0.15, -0.1) is 0 Å². The Labute approximate surface area is 206 Å². The summed E-state index contributed by atoms with van der Waals surface area (Å²) in [6.45, 7) is 6.05. The SMILES string of the molecule is CC(C)C[C@@H](NC(=O)C1CCCN1C(=O)C1CCN(C(=O)[C@@H]2CCCN2)CC1)C(=O)NCC(N)=O. The van der Waals surface area contributed by atoms with Crippen molar-refractivity contribution in [2.45, 2.75) is 76.9 Å². The van der Waals surface area contributed by atoms with Crippen LogP contribution in [0.3, 0.4) is 0 Å². The van der Waals surface area contributed by atoms with Crippen LogP contribution >= 0.6 is 0 Å². The van der Waals surface area contributed by atoms with Crippen molar-refractivity contribution >= 4 is 29.5 Å². The zero-order chi connectivity index (χ0) is 25.5. The molecule has 1 unspecified atom stereocenters. The standard InChI is InChI=1S/C24H40N6O5/c1-15(2)13-18(21(32)27-14-20(25)31)28-22(33)19-6-4-10-30(19)23(34)16-7-11-29(12-8-16)24(35)17-5-3-9-26-17/h15-19,26H,3-14H2,1-2H3,(H2,25,31)(H,27,32)(H,28,33)/t17-,18+,19?/m0/s1. The highest BCUT2D eigenvalue weighted by Gasteiger charge is 2.40. The number of nitrogens with one attached hydrogen (secondary N) is 3. The second kappa shape index (κ2) is 12.3. The van der Waals surface area contributed by atoms with E-state index in [1.807, 2.05) is 18.7 Å². The maximum Gasteiger partial charge on any atom is 0.243 e. The van der Waals surface area contributed by atoms with E-state index >= 15 is 0 Å². The van der Waals surface area contributed by atoms with Crippen LogP contribution < -0.4 is 21.7 Å². The van der Waals surface area contributed by atoms with Crippen LogP contribution in [0.1, 0.15) is 58.8 Å². The zero-order valence-corrected chi connectivity index (χ0v) is 20.9. The molecule has 3 saturated heterocycles. The number of hydrogen-bond acceptors (Lipinski definition) is 6. The molecular weight excluding hydrogens is 452 g/mol. The number of likely N-dealkylation sites (tertiary alicyclic amines) is 2. The largest absolute Gasteiger partial charge is 0.368 e. The van der Waals surface area contributed by atoms with Crippen molar-refractivity contribution in [3.8, 4) is 0 Å². The van der Waals surface area contributed by atoms with Gasteiger partial charge in [0.2, 0.25) is 29.5 Å². The quantitative estimate of drug-likeness (QED) is 0.327. The number of carbonyl (C=O) groups excluding carboxylic acids is 5. The lowest BCUT2D eigenvalue weighted by Gasteiger charge is -2.35. The van der Waals surface area contributed by atoms with E-state index in [1.165, 1.54) is 0 Å². The number of hydrogen-bond donors (Lipinski definition) is 4. The highest BCUT2D eigenvalue weighted by Crippen LogP contribution is 2.26. The summed E-state index contributed by atoms with van der Waals surface area (Å²) in [6, 6.07) is -1.53. The van der Waals surface area contributed by atoms with Crippen molar-refractivity contribution < 1.29 is 24.0 Å². The maximum absolute atomic E-state index is 13.3. The fourth-order valence-electron chi connectivity index (χ4n) is 5.27. The van der Waals surface area contributed by atoms with E-state index in [0.29, 0.717) is 45.3 Å². The van der Waals surface area contributed by atoms with E-state index in [4.69, 9.17) is 5.73 Å². The molecule has 0 spiro atoms. The molecule has 0 radical (unpaired) electrons. The summed E-state index contributed by atoms with van der Waals surface area (Å²) in [4.78, 5) is 66.1. The van der Waals surface area contributed by atoms with Gasteiger partial charge in [-0.2, -0.15) is 0 Å². The van der Waals surface area contributed by atoms with Crippen molar-refractivity contribution in [3.63, 3.8) is 0 Å². The molecule has 0 aliphatic carbocycles. The molecule has 3 atom stereocenters. The van der Waals surface area contributed by atoms with Gasteiger partial charge in [0.25, 0.3) is 0 Å². The van der Waals surface area contributed by atoms with Crippen LogP contribution in [0, 0.1) is 11.8 Å². The molecule has 196 valence electrons. The second-order valence-corrected chi connectivity index (χ2v) is 10.3. The third-order valence-corrected chi connectivity index (χ3v) is 7.13. The Balaban J connectivity index is 1.55. The third kappa shape index (κ3) is 7.16. The van der Waals surface area contributed by atoms with Crippen LogP contribution in [0.4, 0.5) is 0 Å². The Kier molecular flexibility index (Phi) is 9.47. The van der Waals surface area contributed by atoms with Crippen LogP contribution in [0.2, 0.25) is 0 Å². The van der Waals surface area contributed by atoms with Crippen molar-refractivity contribution in [3.05, 3.63) is 0 Å². The van der Waals surface area contributed by atoms with Crippen LogP contribution in [-0.2, 0) is 24.0 Å². The van der Waals surface area contributed by atoms with Gasteiger partial charge in [0.15, 0.2) is 0 Å². The number of primary amides is 1. The van der Waals surface area contributed by atoms with Crippen molar-refractivity contribution in [1.82, 2.24) is 25.8 Å². The molecule has 35 heavy (non-hydrogen) atoms. The molecule has 3 aliphatic rings. The molecule has 0 saturated carbocycles. The third-order valence-electron chi connectivity index (χ3n) is 7.13. The monoisotopic (exact) mass is 492 g/mol. The molecule has 3 fully saturated rings. The maximum atomic E-state index is 13.3. The van der Waals surface area contributed by atoms with Gasteiger partial charge in [0.05, 0.1) is 12.6 Å². The first-order valence-corrected chi connectivity index (χ1v) is 12.9. The lowest BCUT2D eigenvalue weighted by molar-refractivity contribution is -0.145. The molecule has 0 aromatic carbocycles. The average Bonchev–Trinajstić information content (AvgIpc) is 3.53. The predicted molar refractivity (Wildman–Crippen MR) is 129 cm³/mol. The Morgan fingerprint density at radius 3 is 2.29 bits per heavy atom. The average molecular weight is 493 g/mol. The normalized spacial score (nSPS) is 23.9. The minimum atomic E-state index is -0.808. The summed E-state index contributed by atoms with van der Waals surface area (Å²) < 4.78 is 0. The summed E-state index contributed by atoms with van der Waals surface area (Å²) >= 11 is 0. The Morgan fingerprint density at radius 1 is 0.971 bits per heavy atom. The van der Waals surface area contributed by atoms with Gasteiger partial charge in [0, 0.05) is 25.6 Å². The van der Waals surface area contributed by atoms with Gasteiger partial charge in [-0.05, 0) is 57.4 Å². The van der Waals surface area contributed by atoms with Gasteiger partial charge in [-0.3, -0.25) is 24.0 Å². The van der Waals surface area contributed by atoms with E-state index in [0.717, 1.165) is 25.8 Å². The minimum absolute atomic E-state index is 0.0488. The summed E-state index contributed by atoms with van der Waals surface area (Å²) in [7, 11) is 0. The Hall–Kier alpha value is -2.69. The van der Waals surface area contributed by atoms with E-state index in [9.17, 15) is 24.0 Å². The summed E-state index contributed by atoms with van der Waals surface area (Å²) in [6.07, 6.45) is 4.71. The molecular formula is C24H40N6O5. The van der Waals surface area contributed by atoms with Gasteiger partial charge in [0.1, 0.15) is 12.1 Å². The van der Waals surface area contributed by atoms with Gasteiger partial charge >= 0.3 is 0 Å². The topological polar surface area (TPSA) is 154 Å². The fourth-order valence-corrected chi connectivity index (χ4v) is 5.27. The van der Waals surface area contributed by atoms with E-state index in [2.05, 4.69) is 16.0 Å². The van der Waals surface area contributed by atoms with Gasteiger partial charge < -0.3 is 31.5 Å². The molecule has 3 aliphatic heterocycles. The Morgan fingerprint density at radius 2 is 1.69 bits per heavy atom. The molecule has 3 heterocycles. The zero-order valence-electron chi connectivity index (χ0n) is 20.9. The molecule has 5 N–H and O–H groups in total. The van der Waals surface area contributed by atoms with E-state index < -0.39 is 23.9 Å². The van der Waals surface area contributed by atoms with Crippen LogP contribution in [0.15, 0.2) is 0 Å². The first-order chi connectivity index (χ1) is 16.7. The van der Waals surface area contributed by atoms with Gasteiger partial charge in [-0.25, -0.2) is 0 Å². The fraction of sp³-hybridized carbons (Fsp3) is 0.792. The highest BCUT2D eigenvalue weighted by atomic mass is 16.2. The van der Waals surface area contributed by atoms with Crippen molar-refractivity contribution in [2.75, 3.05) is 32.7 Å². The number of nitrogens with zero attached hydrogens (tertiary/aromatic N) is 2. The number of carbonyl (C=O) groups is 5. The molecule has 5 amide bonds. The molecule has 0 aromatic rings. The lowest BCUT2D eigenvalue weighted by Crippen LogP contribution is -2.55. The van der Waals surface area contributed by atoms with Gasteiger partial charge in [-0.1, -0.05) is 13.8 Å². The van der Waals surface area contributed by atoms with Crippen LogP contribution in [-0.4, -0.2) is 90.2 Å². The summed E-state index contributed by atoms with van der Waals surface area (Å²) in [5.41, 5.74) is 5.11. The first-order valence-electron chi connectivity index (χ1n) is 12.9. The first kappa shape index (κ1) is 26.9. The second-order valence-electron chi connectivity index (χ2n) is 10.3. The van der Waals surface area contributed by atoms with Crippen LogP contribution in [0.5, 0.6) is 0 Å². The predicted octanol–water partition coefficient (Wildman–Crippen LogP) is -0.900. The molecule has 0 bridgehead atoms. The van der Waals surface area contributed by atoms with Crippen LogP contribution in [0.25, 0.3) is 0 Å². The van der Waals surface area contributed by atoms with Crippen molar-refractivity contribution in [1.29, 1.82) is 0 Å². The number of piperidine rings is 1. The molecule has 11 heteroatoms. The van der Waals surface area contributed by atoms with E-state index in [-0.39, 0.29) is 42.1 Å². The summed E-state index contributed by atoms with van der Waals surface area (Å²) in [5.74, 6) is -1.48. The molecule has 3 rings (SSSR count). The number of rotatable bonds is 9. The number of amides is 5. The molecule has 11 nitrogen and oxygen atoms in total.